The molecular formula is C23H28FNO5. The summed E-state index contributed by atoms with van der Waals surface area (Å²) in [5, 5.41) is 34.3. The van der Waals surface area contributed by atoms with Crippen LogP contribution in [0.15, 0.2) is 36.4 Å². The molecule has 0 fully saturated rings. The third kappa shape index (κ3) is 4.59. The smallest absolute Gasteiger partial charge is 0.129 e. The molecule has 5 atom stereocenters. The highest BCUT2D eigenvalue weighted by Crippen LogP contribution is 2.37. The Balaban J connectivity index is 1.24. The standard InChI is InChI=1S/C23H28FNO5/c1-13-2-4-22-16(8-13)19(27)11-23(30-22)20(28)12-25-7-6-15-10-18(26)17-9-14(24)3-5-21(17)29-15/h2-5,8-9,15,18-20,23,25-28H,6-7,10-12H2,1H3. The molecule has 0 radical (unpaired) electrons. The van der Waals surface area contributed by atoms with Gasteiger partial charge in [-0.2, -0.15) is 0 Å². The van der Waals surface area contributed by atoms with Crippen molar-refractivity contribution in [1.82, 2.24) is 5.32 Å². The number of fused-ring (bicyclic) bond motifs is 2. The van der Waals surface area contributed by atoms with Crippen LogP contribution in [0.2, 0.25) is 0 Å². The van der Waals surface area contributed by atoms with E-state index in [2.05, 4.69) is 5.32 Å². The second kappa shape index (κ2) is 8.89. The number of aliphatic hydroxyl groups excluding tert-OH is 3. The van der Waals surface area contributed by atoms with E-state index < -0.39 is 30.2 Å². The number of hydrogen-bond acceptors (Lipinski definition) is 6. The fourth-order valence-corrected chi connectivity index (χ4v) is 4.14. The molecule has 162 valence electrons. The van der Waals surface area contributed by atoms with Gasteiger partial charge in [-0.05, 0) is 50.2 Å². The summed E-state index contributed by atoms with van der Waals surface area (Å²) in [6, 6.07) is 9.83. The van der Waals surface area contributed by atoms with Crippen LogP contribution in [0.4, 0.5) is 4.39 Å². The highest BCUT2D eigenvalue weighted by atomic mass is 19.1. The molecule has 0 aromatic heterocycles. The summed E-state index contributed by atoms with van der Waals surface area (Å²) in [7, 11) is 0. The van der Waals surface area contributed by atoms with Gasteiger partial charge in [0.05, 0.1) is 12.2 Å². The van der Waals surface area contributed by atoms with Crippen LogP contribution in [-0.4, -0.2) is 46.7 Å². The molecule has 0 bridgehead atoms. The van der Waals surface area contributed by atoms with Crippen LogP contribution < -0.4 is 14.8 Å². The molecule has 2 aliphatic rings. The largest absolute Gasteiger partial charge is 0.490 e. The first-order valence-corrected chi connectivity index (χ1v) is 10.4. The third-order valence-electron chi connectivity index (χ3n) is 5.79. The van der Waals surface area contributed by atoms with E-state index in [0.717, 1.165) is 11.1 Å². The van der Waals surface area contributed by atoms with Crippen LogP contribution in [0, 0.1) is 12.7 Å². The first-order chi connectivity index (χ1) is 14.4. The van der Waals surface area contributed by atoms with Crippen LogP contribution in [0.25, 0.3) is 0 Å². The Labute approximate surface area is 175 Å². The van der Waals surface area contributed by atoms with Crippen molar-refractivity contribution in [3.63, 3.8) is 0 Å². The molecule has 0 saturated carbocycles. The number of aryl methyl sites for hydroxylation is 1. The van der Waals surface area contributed by atoms with Gasteiger partial charge in [0.15, 0.2) is 0 Å². The van der Waals surface area contributed by atoms with Crippen molar-refractivity contribution < 1.29 is 29.2 Å². The van der Waals surface area contributed by atoms with Gasteiger partial charge in [0.25, 0.3) is 0 Å². The van der Waals surface area contributed by atoms with E-state index >= 15 is 0 Å². The third-order valence-corrected chi connectivity index (χ3v) is 5.79. The molecule has 5 unspecified atom stereocenters. The number of halogens is 1. The second-order valence-electron chi connectivity index (χ2n) is 8.18. The van der Waals surface area contributed by atoms with Gasteiger partial charge >= 0.3 is 0 Å². The van der Waals surface area contributed by atoms with Crippen molar-refractivity contribution in [2.24, 2.45) is 0 Å². The van der Waals surface area contributed by atoms with E-state index in [1.54, 1.807) is 6.07 Å². The Kier molecular flexibility index (Phi) is 6.24. The number of rotatable bonds is 6. The normalized spacial score (nSPS) is 26.2. The zero-order valence-corrected chi connectivity index (χ0v) is 16.9. The molecule has 30 heavy (non-hydrogen) atoms. The molecule has 2 heterocycles. The van der Waals surface area contributed by atoms with E-state index in [1.807, 2.05) is 25.1 Å². The van der Waals surface area contributed by atoms with E-state index in [-0.39, 0.29) is 6.10 Å². The Morgan fingerprint density at radius 1 is 1.03 bits per heavy atom. The molecule has 0 aliphatic carbocycles. The Bertz CT molecular complexity index is 892. The van der Waals surface area contributed by atoms with Crippen LogP contribution in [0.1, 0.15) is 48.2 Å². The fourth-order valence-electron chi connectivity index (χ4n) is 4.14. The molecule has 0 saturated heterocycles. The number of hydrogen-bond donors (Lipinski definition) is 4. The van der Waals surface area contributed by atoms with Crippen molar-refractivity contribution >= 4 is 0 Å². The van der Waals surface area contributed by atoms with Gasteiger partial charge in [-0.1, -0.05) is 11.6 Å². The Hall–Kier alpha value is -2.19. The summed E-state index contributed by atoms with van der Waals surface area (Å²) in [6.07, 6.45) is -1.48. The number of nitrogens with one attached hydrogen (secondary N) is 1. The van der Waals surface area contributed by atoms with Crippen molar-refractivity contribution in [2.75, 3.05) is 13.1 Å². The van der Waals surface area contributed by atoms with Crippen molar-refractivity contribution in [1.29, 1.82) is 0 Å². The molecule has 2 aliphatic heterocycles. The van der Waals surface area contributed by atoms with Gasteiger partial charge in [0.1, 0.15) is 35.6 Å². The number of aliphatic hydroxyl groups is 3. The minimum absolute atomic E-state index is 0.189. The summed E-state index contributed by atoms with van der Waals surface area (Å²) in [5.41, 5.74) is 2.30. The lowest BCUT2D eigenvalue weighted by Gasteiger charge is -2.33. The Morgan fingerprint density at radius 3 is 2.57 bits per heavy atom. The molecule has 0 spiro atoms. The van der Waals surface area contributed by atoms with Crippen molar-refractivity contribution in [3.05, 3.63) is 58.9 Å². The first-order valence-electron chi connectivity index (χ1n) is 10.4. The molecular weight excluding hydrogens is 389 g/mol. The highest BCUT2D eigenvalue weighted by molar-refractivity contribution is 5.40. The van der Waals surface area contributed by atoms with Crippen LogP contribution in [-0.2, 0) is 0 Å². The van der Waals surface area contributed by atoms with Gasteiger partial charge < -0.3 is 30.1 Å². The quantitative estimate of drug-likeness (QED) is 0.540. The summed E-state index contributed by atoms with van der Waals surface area (Å²) < 4.78 is 25.1. The lowest BCUT2D eigenvalue weighted by molar-refractivity contribution is -0.0138. The van der Waals surface area contributed by atoms with Crippen molar-refractivity contribution in [3.8, 4) is 11.5 Å². The van der Waals surface area contributed by atoms with E-state index in [4.69, 9.17) is 9.47 Å². The zero-order chi connectivity index (χ0) is 21.3. The lowest BCUT2D eigenvalue weighted by atomic mass is 9.95. The predicted molar refractivity (Wildman–Crippen MR) is 109 cm³/mol. The van der Waals surface area contributed by atoms with E-state index in [9.17, 15) is 19.7 Å². The average molecular weight is 417 g/mol. The van der Waals surface area contributed by atoms with Crippen LogP contribution in [0.5, 0.6) is 11.5 Å². The lowest BCUT2D eigenvalue weighted by Crippen LogP contribution is -2.43. The highest BCUT2D eigenvalue weighted by Gasteiger charge is 2.32. The molecule has 0 amide bonds. The van der Waals surface area contributed by atoms with Gasteiger partial charge in [0.2, 0.25) is 0 Å². The molecule has 2 aromatic rings. The monoisotopic (exact) mass is 417 g/mol. The average Bonchev–Trinajstić information content (AvgIpc) is 2.72. The van der Waals surface area contributed by atoms with Crippen molar-refractivity contribution in [2.45, 2.75) is 56.7 Å². The summed E-state index contributed by atoms with van der Waals surface area (Å²) >= 11 is 0. The molecule has 2 aromatic carbocycles. The van der Waals surface area contributed by atoms with Gasteiger partial charge in [0, 0.05) is 30.5 Å². The van der Waals surface area contributed by atoms with Crippen LogP contribution in [0.3, 0.4) is 0 Å². The van der Waals surface area contributed by atoms with Crippen LogP contribution >= 0.6 is 0 Å². The van der Waals surface area contributed by atoms with Gasteiger partial charge in [-0.3, -0.25) is 0 Å². The second-order valence-corrected chi connectivity index (χ2v) is 8.18. The summed E-state index contributed by atoms with van der Waals surface area (Å²) in [6.45, 7) is 2.86. The maximum absolute atomic E-state index is 13.3. The van der Waals surface area contributed by atoms with E-state index in [0.29, 0.717) is 49.4 Å². The van der Waals surface area contributed by atoms with Gasteiger partial charge in [-0.15, -0.1) is 0 Å². The molecule has 7 heteroatoms. The Morgan fingerprint density at radius 2 is 1.73 bits per heavy atom. The first kappa shape index (κ1) is 21.1. The fraction of sp³-hybridized carbons (Fsp3) is 0.478. The van der Waals surface area contributed by atoms with Gasteiger partial charge in [-0.25, -0.2) is 4.39 Å². The topological polar surface area (TPSA) is 91.2 Å². The molecule has 4 rings (SSSR count). The SMILES string of the molecule is Cc1ccc2c(c1)C(O)CC(C(O)CNCCC1CC(O)c3cc(F)ccc3O1)O2. The number of benzene rings is 2. The van der Waals surface area contributed by atoms with E-state index in [1.165, 1.54) is 12.1 Å². The minimum atomic E-state index is -0.768. The zero-order valence-electron chi connectivity index (χ0n) is 16.9. The predicted octanol–water partition coefficient (Wildman–Crippen LogP) is 2.54. The number of ether oxygens (including phenoxy) is 2. The molecule has 6 nitrogen and oxygen atoms in total. The maximum Gasteiger partial charge on any atom is 0.129 e. The minimum Gasteiger partial charge on any atom is -0.490 e. The summed E-state index contributed by atoms with van der Waals surface area (Å²) in [5.74, 6) is 0.736. The maximum atomic E-state index is 13.3. The summed E-state index contributed by atoms with van der Waals surface area (Å²) in [4.78, 5) is 0. The molecule has 4 N–H and O–H groups in total.